The Morgan fingerprint density at radius 3 is 2.26 bits per heavy atom. The van der Waals surface area contributed by atoms with Crippen LogP contribution in [0.15, 0.2) is 110 Å². The molecule has 3 aromatic heterocycles. The Bertz CT molecular complexity index is 2180. The number of aromatic nitrogens is 4. The van der Waals surface area contributed by atoms with Crippen LogP contribution in [0.2, 0.25) is 0 Å². The van der Waals surface area contributed by atoms with Crippen molar-refractivity contribution >= 4 is 21.8 Å². The molecule has 0 bridgehead atoms. The van der Waals surface area contributed by atoms with Crippen molar-refractivity contribution in [2.45, 2.75) is 66.2 Å². The van der Waals surface area contributed by atoms with Gasteiger partial charge in [0, 0.05) is 40.9 Å². The van der Waals surface area contributed by atoms with Crippen molar-refractivity contribution in [3.63, 3.8) is 0 Å². The quantitative estimate of drug-likeness (QED) is 0.153. The highest BCUT2D eigenvalue weighted by molar-refractivity contribution is 6.09. The Labute approximate surface area is 277 Å². The largest absolute Gasteiger partial charge is 0.457 e. The lowest BCUT2D eigenvalue weighted by Crippen LogP contribution is -1.99. The number of fused-ring (bicyclic) bond motifs is 3. The van der Waals surface area contributed by atoms with Gasteiger partial charge >= 0.3 is 0 Å². The number of hydrogen-bond acceptors (Lipinski definition) is 3. The van der Waals surface area contributed by atoms with Crippen LogP contribution in [0.1, 0.15) is 68.7 Å². The molecule has 0 aliphatic carbocycles. The molecule has 7 aromatic rings. The summed E-state index contributed by atoms with van der Waals surface area (Å²) in [6.45, 7) is 11.1. The summed E-state index contributed by atoms with van der Waals surface area (Å²) in [6.07, 6.45) is 10.4. The molecule has 0 aliphatic rings. The number of rotatable bonds is 10. The molecule has 0 fully saturated rings. The number of ether oxygens (including phenoxy) is 1. The third-order valence-corrected chi connectivity index (χ3v) is 8.98. The predicted octanol–water partition coefficient (Wildman–Crippen LogP) is 11.2. The third kappa shape index (κ3) is 5.94. The Kier molecular flexibility index (Phi) is 8.38. The maximum absolute atomic E-state index is 6.53. The van der Waals surface area contributed by atoms with Crippen molar-refractivity contribution in [2.24, 2.45) is 0 Å². The molecule has 0 aliphatic heterocycles. The monoisotopic (exact) mass is 618 g/mol. The standard InChI is InChI=1S/C42H42N4O/c1-6-11-31-21-29(5)22-32(12-7-2)42(31)33-26-44-45(27-33)34-13-10-14-35(24-34)47-36-17-18-38-37-15-8-9-16-39(37)46(40(38)25-36)41-23-30(28(3)4)19-20-43-41/h8-10,13-28H,6-7,11-12H2,1-5H3. The summed E-state index contributed by atoms with van der Waals surface area (Å²) in [5, 5.41) is 7.18. The Morgan fingerprint density at radius 1 is 0.745 bits per heavy atom. The van der Waals surface area contributed by atoms with Crippen LogP contribution in [-0.4, -0.2) is 19.3 Å². The van der Waals surface area contributed by atoms with Crippen molar-refractivity contribution in [1.29, 1.82) is 0 Å². The van der Waals surface area contributed by atoms with Gasteiger partial charge in [0.1, 0.15) is 17.3 Å². The molecule has 0 radical (unpaired) electrons. The van der Waals surface area contributed by atoms with E-state index in [0.717, 1.165) is 65.3 Å². The number of pyridine rings is 1. The Balaban J connectivity index is 1.24. The fraction of sp³-hybridized carbons (Fsp3) is 0.238. The van der Waals surface area contributed by atoms with Crippen LogP contribution >= 0.6 is 0 Å². The zero-order valence-electron chi connectivity index (χ0n) is 28.0. The summed E-state index contributed by atoms with van der Waals surface area (Å²) in [6, 6.07) is 32.0. The van der Waals surface area contributed by atoms with Gasteiger partial charge < -0.3 is 4.74 Å². The lowest BCUT2D eigenvalue weighted by molar-refractivity contribution is 0.483. The van der Waals surface area contributed by atoms with E-state index in [4.69, 9.17) is 14.8 Å². The molecular weight excluding hydrogens is 576 g/mol. The highest BCUT2D eigenvalue weighted by Gasteiger charge is 2.16. The number of benzene rings is 4. The molecule has 0 saturated carbocycles. The first-order valence-electron chi connectivity index (χ1n) is 16.9. The normalized spacial score (nSPS) is 11.6. The highest BCUT2D eigenvalue weighted by atomic mass is 16.5. The maximum atomic E-state index is 6.53. The molecule has 5 heteroatoms. The SMILES string of the molecule is CCCc1cc(C)cc(CCC)c1-c1cnn(-c2cccc(Oc3ccc4c5ccccc5n(-c5cc(C(C)C)ccn5)c4c3)c2)c1. The van der Waals surface area contributed by atoms with Crippen molar-refractivity contribution < 1.29 is 4.74 Å². The summed E-state index contributed by atoms with van der Waals surface area (Å²) in [5.41, 5.74) is 11.1. The molecule has 0 N–H and O–H groups in total. The summed E-state index contributed by atoms with van der Waals surface area (Å²) in [4.78, 5) is 4.80. The number of nitrogens with zero attached hydrogens (tertiary/aromatic N) is 4. The van der Waals surface area contributed by atoms with Crippen LogP contribution in [0.5, 0.6) is 11.5 Å². The molecule has 236 valence electrons. The average molecular weight is 619 g/mol. The van der Waals surface area contributed by atoms with E-state index in [2.05, 4.69) is 124 Å². The minimum absolute atomic E-state index is 0.413. The van der Waals surface area contributed by atoms with Gasteiger partial charge in [-0.2, -0.15) is 5.10 Å². The van der Waals surface area contributed by atoms with E-state index in [-0.39, 0.29) is 0 Å². The molecular formula is C42H42N4O. The van der Waals surface area contributed by atoms with Gasteiger partial charge in [-0.25, -0.2) is 9.67 Å². The topological polar surface area (TPSA) is 44.9 Å². The van der Waals surface area contributed by atoms with Gasteiger partial charge in [-0.1, -0.05) is 82.5 Å². The smallest absolute Gasteiger partial charge is 0.137 e. The van der Waals surface area contributed by atoms with E-state index in [1.54, 1.807) is 0 Å². The minimum Gasteiger partial charge on any atom is -0.457 e. The summed E-state index contributed by atoms with van der Waals surface area (Å²) in [7, 11) is 0. The summed E-state index contributed by atoms with van der Waals surface area (Å²) >= 11 is 0. The molecule has 5 nitrogen and oxygen atoms in total. The van der Waals surface area contributed by atoms with E-state index in [9.17, 15) is 0 Å². The molecule has 0 unspecified atom stereocenters. The van der Waals surface area contributed by atoms with Crippen molar-refractivity contribution in [1.82, 2.24) is 19.3 Å². The Hall–Kier alpha value is -5.16. The van der Waals surface area contributed by atoms with Crippen molar-refractivity contribution in [2.75, 3.05) is 0 Å². The van der Waals surface area contributed by atoms with E-state index in [1.807, 2.05) is 29.2 Å². The van der Waals surface area contributed by atoms with Gasteiger partial charge in [-0.15, -0.1) is 0 Å². The lowest BCUT2D eigenvalue weighted by Gasteiger charge is -2.15. The van der Waals surface area contributed by atoms with Gasteiger partial charge in [0.05, 0.1) is 22.9 Å². The van der Waals surface area contributed by atoms with Gasteiger partial charge in [-0.3, -0.25) is 4.57 Å². The molecule has 47 heavy (non-hydrogen) atoms. The van der Waals surface area contributed by atoms with Crippen LogP contribution in [-0.2, 0) is 12.8 Å². The lowest BCUT2D eigenvalue weighted by atomic mass is 9.90. The first-order chi connectivity index (χ1) is 22.9. The summed E-state index contributed by atoms with van der Waals surface area (Å²) in [5.74, 6) is 2.85. The fourth-order valence-corrected chi connectivity index (χ4v) is 6.84. The Morgan fingerprint density at radius 2 is 1.49 bits per heavy atom. The van der Waals surface area contributed by atoms with Crippen molar-refractivity contribution in [3.05, 3.63) is 132 Å². The van der Waals surface area contributed by atoms with Crippen LogP contribution < -0.4 is 4.74 Å². The third-order valence-electron chi connectivity index (χ3n) is 8.98. The van der Waals surface area contributed by atoms with Crippen LogP contribution in [0.25, 0.3) is 44.4 Å². The first-order valence-corrected chi connectivity index (χ1v) is 16.9. The van der Waals surface area contributed by atoms with Gasteiger partial charge in [-0.05, 0) is 90.4 Å². The minimum atomic E-state index is 0.413. The molecule has 0 atom stereocenters. The van der Waals surface area contributed by atoms with Gasteiger partial charge in [0.25, 0.3) is 0 Å². The zero-order valence-corrected chi connectivity index (χ0v) is 28.0. The van der Waals surface area contributed by atoms with E-state index in [1.165, 1.54) is 38.6 Å². The number of aryl methyl sites for hydroxylation is 3. The number of hydrogen-bond donors (Lipinski definition) is 0. The predicted molar refractivity (Wildman–Crippen MR) is 194 cm³/mol. The van der Waals surface area contributed by atoms with E-state index in [0.29, 0.717) is 5.92 Å². The highest BCUT2D eigenvalue weighted by Crippen LogP contribution is 2.36. The molecule has 0 amide bonds. The van der Waals surface area contributed by atoms with Gasteiger partial charge in [0.2, 0.25) is 0 Å². The number of para-hydroxylation sites is 1. The molecule has 7 rings (SSSR count). The fourth-order valence-electron chi connectivity index (χ4n) is 6.84. The molecule has 4 aromatic carbocycles. The second-order valence-electron chi connectivity index (χ2n) is 12.9. The molecule has 3 heterocycles. The van der Waals surface area contributed by atoms with Crippen LogP contribution in [0.4, 0.5) is 0 Å². The van der Waals surface area contributed by atoms with Crippen LogP contribution in [0.3, 0.4) is 0 Å². The average Bonchev–Trinajstić information content (AvgIpc) is 3.68. The van der Waals surface area contributed by atoms with E-state index >= 15 is 0 Å². The van der Waals surface area contributed by atoms with Crippen molar-refractivity contribution in [3.8, 4) is 34.1 Å². The summed E-state index contributed by atoms with van der Waals surface area (Å²) < 4.78 is 10.7. The first kappa shape index (κ1) is 30.5. The second kappa shape index (κ2) is 12.9. The molecule has 0 spiro atoms. The van der Waals surface area contributed by atoms with E-state index < -0.39 is 0 Å². The maximum Gasteiger partial charge on any atom is 0.137 e. The zero-order chi connectivity index (χ0) is 32.5. The van der Waals surface area contributed by atoms with Gasteiger partial charge in [0.15, 0.2) is 0 Å². The second-order valence-corrected chi connectivity index (χ2v) is 12.9. The van der Waals surface area contributed by atoms with Crippen LogP contribution in [0, 0.1) is 6.92 Å². The molecule has 0 saturated heterocycles.